The van der Waals surface area contributed by atoms with Gasteiger partial charge in [-0.15, -0.1) is 11.3 Å². The summed E-state index contributed by atoms with van der Waals surface area (Å²) >= 11 is 1.23. The first kappa shape index (κ1) is 14.5. The van der Waals surface area contributed by atoms with Crippen molar-refractivity contribution in [3.63, 3.8) is 0 Å². The maximum absolute atomic E-state index is 12.3. The first-order valence-corrected chi connectivity index (χ1v) is 7.77. The number of thiazole rings is 1. The van der Waals surface area contributed by atoms with Crippen molar-refractivity contribution in [3.8, 4) is 5.75 Å². The van der Waals surface area contributed by atoms with Crippen LogP contribution in [0.4, 0.5) is 5.13 Å². The lowest BCUT2D eigenvalue weighted by Crippen LogP contribution is -2.32. The lowest BCUT2D eigenvalue weighted by molar-refractivity contribution is -0.114. The number of hydrogen-bond donors (Lipinski definition) is 2. The van der Waals surface area contributed by atoms with Gasteiger partial charge in [0.2, 0.25) is 5.91 Å². The largest absolute Gasteiger partial charge is 0.493 e. The number of benzene rings is 1. The van der Waals surface area contributed by atoms with Crippen LogP contribution in [-0.4, -0.2) is 23.4 Å². The van der Waals surface area contributed by atoms with Crippen molar-refractivity contribution in [1.29, 1.82) is 0 Å². The molecule has 3 rings (SSSR count). The minimum atomic E-state index is -0.255. The van der Waals surface area contributed by atoms with Gasteiger partial charge in [0.05, 0.1) is 12.6 Å². The average molecular weight is 317 g/mol. The molecule has 7 heteroatoms. The SMILES string of the molecule is CC(=O)Nc1nc(C(=O)N[C@H]2CCOc3ccccc32)cs1. The summed E-state index contributed by atoms with van der Waals surface area (Å²) in [6.07, 6.45) is 0.714. The van der Waals surface area contributed by atoms with Crippen LogP contribution in [0.2, 0.25) is 0 Å². The van der Waals surface area contributed by atoms with Crippen LogP contribution in [0.3, 0.4) is 0 Å². The number of anilines is 1. The number of nitrogens with one attached hydrogen (secondary N) is 2. The van der Waals surface area contributed by atoms with E-state index in [-0.39, 0.29) is 17.9 Å². The van der Waals surface area contributed by atoms with Crippen LogP contribution in [-0.2, 0) is 4.79 Å². The highest BCUT2D eigenvalue weighted by molar-refractivity contribution is 7.14. The number of fused-ring (bicyclic) bond motifs is 1. The van der Waals surface area contributed by atoms with E-state index in [0.29, 0.717) is 23.9 Å². The molecule has 2 aromatic rings. The van der Waals surface area contributed by atoms with Gasteiger partial charge in [0.25, 0.3) is 5.91 Å². The van der Waals surface area contributed by atoms with Crippen molar-refractivity contribution in [3.05, 3.63) is 40.9 Å². The molecule has 1 aromatic heterocycles. The predicted octanol–water partition coefficient (Wildman–Crippen LogP) is 2.36. The number of amides is 2. The van der Waals surface area contributed by atoms with Gasteiger partial charge in [-0.3, -0.25) is 9.59 Å². The standard InChI is InChI=1S/C15H15N3O3S/c1-9(19)16-15-18-12(8-22-15)14(20)17-11-6-7-21-13-5-3-2-4-10(11)13/h2-5,8,11H,6-7H2,1H3,(H,17,20)(H,16,18,19)/t11-/m0/s1. The van der Waals surface area contributed by atoms with Crippen LogP contribution in [0.15, 0.2) is 29.6 Å². The van der Waals surface area contributed by atoms with Gasteiger partial charge in [-0.2, -0.15) is 0 Å². The first-order chi connectivity index (χ1) is 10.6. The molecule has 0 bridgehead atoms. The van der Waals surface area contributed by atoms with E-state index in [9.17, 15) is 9.59 Å². The fraction of sp³-hybridized carbons (Fsp3) is 0.267. The van der Waals surface area contributed by atoms with Gasteiger partial charge in [0, 0.05) is 24.3 Å². The van der Waals surface area contributed by atoms with Crippen molar-refractivity contribution in [2.75, 3.05) is 11.9 Å². The Morgan fingerprint density at radius 1 is 1.36 bits per heavy atom. The summed E-state index contributed by atoms with van der Waals surface area (Å²) < 4.78 is 5.58. The summed E-state index contributed by atoms with van der Waals surface area (Å²) in [5.41, 5.74) is 1.28. The minimum Gasteiger partial charge on any atom is -0.493 e. The lowest BCUT2D eigenvalue weighted by Gasteiger charge is -2.26. The van der Waals surface area contributed by atoms with Crippen LogP contribution in [0, 0.1) is 0 Å². The van der Waals surface area contributed by atoms with Crippen molar-refractivity contribution < 1.29 is 14.3 Å². The maximum atomic E-state index is 12.3. The van der Waals surface area contributed by atoms with Crippen LogP contribution in [0.25, 0.3) is 0 Å². The van der Waals surface area contributed by atoms with Crippen LogP contribution < -0.4 is 15.4 Å². The highest BCUT2D eigenvalue weighted by Gasteiger charge is 2.24. The fourth-order valence-corrected chi connectivity index (χ4v) is 3.05. The van der Waals surface area contributed by atoms with E-state index in [1.165, 1.54) is 18.3 Å². The first-order valence-electron chi connectivity index (χ1n) is 6.89. The van der Waals surface area contributed by atoms with Gasteiger partial charge in [-0.1, -0.05) is 18.2 Å². The zero-order valence-corrected chi connectivity index (χ0v) is 12.8. The molecule has 1 aliphatic heterocycles. The number of ether oxygens (including phenoxy) is 1. The Morgan fingerprint density at radius 3 is 3.00 bits per heavy atom. The second kappa shape index (κ2) is 6.15. The van der Waals surface area contributed by atoms with Gasteiger partial charge in [0.1, 0.15) is 11.4 Å². The van der Waals surface area contributed by atoms with Crippen LogP contribution in [0.1, 0.15) is 35.4 Å². The molecule has 0 saturated carbocycles. The van der Waals surface area contributed by atoms with Gasteiger partial charge in [-0.05, 0) is 6.07 Å². The summed E-state index contributed by atoms with van der Waals surface area (Å²) in [5, 5.41) is 7.59. The summed E-state index contributed by atoms with van der Waals surface area (Å²) in [6, 6.07) is 7.57. The molecule has 1 aromatic carbocycles. The molecule has 2 N–H and O–H groups in total. The van der Waals surface area contributed by atoms with Crippen molar-refractivity contribution in [1.82, 2.24) is 10.3 Å². The number of carbonyl (C=O) groups excluding carboxylic acids is 2. The minimum absolute atomic E-state index is 0.0941. The smallest absolute Gasteiger partial charge is 0.271 e. The second-order valence-electron chi connectivity index (χ2n) is 4.92. The van der Waals surface area contributed by atoms with Gasteiger partial charge in [-0.25, -0.2) is 4.98 Å². The molecule has 2 amide bonds. The topological polar surface area (TPSA) is 80.3 Å². The molecular weight excluding hydrogens is 302 g/mol. The molecule has 0 fully saturated rings. The molecule has 0 aliphatic carbocycles. The highest BCUT2D eigenvalue weighted by Crippen LogP contribution is 2.31. The molecule has 0 unspecified atom stereocenters. The van der Waals surface area contributed by atoms with E-state index in [0.717, 1.165) is 11.3 Å². The lowest BCUT2D eigenvalue weighted by atomic mass is 10.0. The Kier molecular flexibility index (Phi) is 4.06. The molecule has 1 atom stereocenters. The zero-order chi connectivity index (χ0) is 15.5. The van der Waals surface area contributed by atoms with Crippen LogP contribution in [0.5, 0.6) is 5.75 Å². The van der Waals surface area contributed by atoms with Crippen molar-refractivity contribution >= 4 is 28.3 Å². The van der Waals surface area contributed by atoms with Crippen molar-refractivity contribution in [2.45, 2.75) is 19.4 Å². The monoisotopic (exact) mass is 317 g/mol. The normalized spacial score (nSPS) is 16.3. The van der Waals surface area contributed by atoms with Crippen molar-refractivity contribution in [2.24, 2.45) is 0 Å². The van der Waals surface area contributed by atoms with Crippen LogP contribution >= 0.6 is 11.3 Å². The van der Waals surface area contributed by atoms with E-state index in [2.05, 4.69) is 15.6 Å². The highest BCUT2D eigenvalue weighted by atomic mass is 32.1. The summed E-state index contributed by atoms with van der Waals surface area (Å²) in [4.78, 5) is 27.4. The van der Waals surface area contributed by atoms with E-state index in [4.69, 9.17) is 4.74 Å². The third kappa shape index (κ3) is 3.09. The molecule has 0 saturated heterocycles. The number of aromatic nitrogens is 1. The Bertz CT molecular complexity index is 714. The molecule has 114 valence electrons. The molecule has 22 heavy (non-hydrogen) atoms. The maximum Gasteiger partial charge on any atom is 0.271 e. The third-order valence-corrected chi connectivity index (χ3v) is 4.04. The fourth-order valence-electron chi connectivity index (χ4n) is 2.31. The summed E-state index contributed by atoms with van der Waals surface area (Å²) in [6.45, 7) is 1.97. The van der Waals surface area contributed by atoms with E-state index >= 15 is 0 Å². The molecule has 2 heterocycles. The molecule has 1 aliphatic rings. The Balaban J connectivity index is 1.72. The number of carbonyl (C=O) groups is 2. The third-order valence-electron chi connectivity index (χ3n) is 3.28. The predicted molar refractivity (Wildman–Crippen MR) is 83.2 cm³/mol. The van der Waals surface area contributed by atoms with E-state index in [1.54, 1.807) is 5.38 Å². The summed E-state index contributed by atoms with van der Waals surface area (Å²) in [7, 11) is 0. The Hall–Kier alpha value is -2.41. The summed E-state index contributed by atoms with van der Waals surface area (Å²) in [5.74, 6) is 0.338. The number of para-hydroxylation sites is 1. The van der Waals surface area contributed by atoms with E-state index < -0.39 is 0 Å². The second-order valence-corrected chi connectivity index (χ2v) is 5.78. The Morgan fingerprint density at radius 2 is 2.18 bits per heavy atom. The molecule has 0 spiro atoms. The number of rotatable bonds is 3. The van der Waals surface area contributed by atoms with Gasteiger partial charge >= 0.3 is 0 Å². The number of nitrogens with zero attached hydrogens (tertiary/aromatic N) is 1. The average Bonchev–Trinajstić information content (AvgIpc) is 2.95. The number of hydrogen-bond acceptors (Lipinski definition) is 5. The molecule has 6 nitrogen and oxygen atoms in total. The Labute approximate surface area is 131 Å². The van der Waals surface area contributed by atoms with E-state index in [1.807, 2.05) is 24.3 Å². The quantitative estimate of drug-likeness (QED) is 0.910. The molecule has 0 radical (unpaired) electrons. The zero-order valence-electron chi connectivity index (χ0n) is 12.0. The molecular formula is C15H15N3O3S. The van der Waals surface area contributed by atoms with Gasteiger partial charge in [0.15, 0.2) is 5.13 Å². The van der Waals surface area contributed by atoms with Gasteiger partial charge < -0.3 is 15.4 Å².